The Morgan fingerprint density at radius 3 is 2.55 bits per heavy atom. The van der Waals surface area contributed by atoms with Crippen LogP contribution < -0.4 is 10.6 Å². The summed E-state index contributed by atoms with van der Waals surface area (Å²) in [7, 11) is -2.13. The van der Waals surface area contributed by atoms with E-state index in [1.807, 2.05) is 6.92 Å². The number of halogens is 3. The van der Waals surface area contributed by atoms with E-state index in [9.17, 15) is 13.2 Å². The first-order chi connectivity index (χ1) is 17.6. The summed E-state index contributed by atoms with van der Waals surface area (Å²) in [6.45, 7) is 16.4. The lowest BCUT2D eigenvalue weighted by Crippen LogP contribution is -2.41. The van der Waals surface area contributed by atoms with Gasteiger partial charge in [0.05, 0.1) is 42.0 Å². The third-order valence-corrected chi connectivity index (χ3v) is 12.3. The summed E-state index contributed by atoms with van der Waals surface area (Å²) in [5.74, 6) is 0.682. The second kappa shape index (κ2) is 10.2. The average Bonchev–Trinajstić information content (AvgIpc) is 3.15. The zero-order valence-corrected chi connectivity index (χ0v) is 24.2. The lowest BCUT2D eigenvalue weighted by Gasteiger charge is -2.36. The fourth-order valence-electron chi connectivity index (χ4n) is 4.42. The van der Waals surface area contributed by atoms with Crippen molar-refractivity contribution in [3.8, 4) is 0 Å². The second-order valence-electron chi connectivity index (χ2n) is 11.6. The lowest BCUT2D eigenvalue weighted by atomic mass is 9.98. The fourth-order valence-corrected chi connectivity index (χ4v) is 5.35. The van der Waals surface area contributed by atoms with Crippen LogP contribution in [0.4, 0.5) is 24.7 Å². The third-order valence-electron chi connectivity index (χ3n) is 7.83. The molecule has 0 aliphatic carbocycles. The van der Waals surface area contributed by atoms with E-state index in [-0.39, 0.29) is 29.7 Å². The van der Waals surface area contributed by atoms with E-state index >= 15 is 0 Å². The predicted molar refractivity (Wildman–Crippen MR) is 146 cm³/mol. The Morgan fingerprint density at radius 1 is 1.21 bits per heavy atom. The molecule has 1 aliphatic heterocycles. The highest BCUT2D eigenvalue weighted by Crippen LogP contribution is 2.38. The minimum Gasteiger partial charge on any atom is -0.411 e. The Labute approximate surface area is 223 Å². The van der Waals surface area contributed by atoms with Crippen LogP contribution in [0.3, 0.4) is 0 Å². The number of aromatic nitrogens is 3. The first kappa shape index (κ1) is 28.4. The van der Waals surface area contributed by atoms with E-state index in [2.05, 4.69) is 38.8 Å². The van der Waals surface area contributed by atoms with Crippen molar-refractivity contribution >= 4 is 25.5 Å². The van der Waals surface area contributed by atoms with Gasteiger partial charge >= 0.3 is 6.18 Å². The lowest BCUT2D eigenvalue weighted by molar-refractivity contribution is -0.138. The molecule has 1 aromatic carbocycles. The minimum atomic E-state index is -4.43. The van der Waals surface area contributed by atoms with Gasteiger partial charge in [0, 0.05) is 25.6 Å². The summed E-state index contributed by atoms with van der Waals surface area (Å²) in [6, 6.07) is 6.09. The zero-order valence-electron chi connectivity index (χ0n) is 23.2. The number of anilines is 2. The molecule has 3 heterocycles. The maximum atomic E-state index is 13.7. The molecule has 3 aromatic rings. The van der Waals surface area contributed by atoms with Crippen molar-refractivity contribution in [2.45, 2.75) is 78.1 Å². The number of nitrogens with zero attached hydrogens (tertiary/aromatic N) is 4. The van der Waals surface area contributed by atoms with Crippen LogP contribution in [0, 0.1) is 6.92 Å². The number of hydrogen-bond donors (Lipinski definition) is 1. The first-order valence-electron chi connectivity index (χ1n) is 12.9. The highest BCUT2D eigenvalue weighted by atomic mass is 28.4. The van der Waals surface area contributed by atoms with Crippen LogP contribution in [0.15, 0.2) is 24.3 Å². The summed E-state index contributed by atoms with van der Waals surface area (Å²) in [6.07, 6.45) is -4.18. The first-order valence-corrected chi connectivity index (χ1v) is 15.8. The molecule has 7 nitrogen and oxygen atoms in total. The molecule has 11 heteroatoms. The molecule has 2 N–H and O–H groups in total. The molecule has 1 atom stereocenters. The van der Waals surface area contributed by atoms with Gasteiger partial charge in [0.25, 0.3) is 0 Å². The number of morpholine rings is 1. The van der Waals surface area contributed by atoms with Gasteiger partial charge in [0.2, 0.25) is 0 Å². The summed E-state index contributed by atoms with van der Waals surface area (Å²) in [4.78, 5) is 6.91. The number of nitrogens with two attached hydrogens (primary N) is 1. The number of alkyl halides is 3. The maximum absolute atomic E-state index is 13.7. The van der Waals surface area contributed by atoms with Crippen molar-refractivity contribution in [3.63, 3.8) is 0 Å². The zero-order chi connectivity index (χ0) is 28.0. The van der Waals surface area contributed by atoms with E-state index in [1.165, 1.54) is 13.0 Å². The number of imidazole rings is 1. The number of rotatable bonds is 6. The van der Waals surface area contributed by atoms with Gasteiger partial charge in [-0.3, -0.25) is 0 Å². The van der Waals surface area contributed by atoms with Crippen molar-refractivity contribution in [1.82, 2.24) is 14.6 Å². The Morgan fingerprint density at radius 2 is 1.92 bits per heavy atom. The van der Waals surface area contributed by atoms with Gasteiger partial charge in [-0.1, -0.05) is 32.9 Å². The number of nitrogen functional groups attached to an aromatic ring is 1. The van der Waals surface area contributed by atoms with Crippen LogP contribution in [-0.2, 0) is 28.4 Å². The molecule has 38 heavy (non-hydrogen) atoms. The SMILES string of the molecule is Cc1c(Cc2c(CO[Si](C)(C)C(C)(C)C)nc3c(N)cc(N4CCOC(C)C4)nn23)cccc1C(F)(F)F. The van der Waals surface area contributed by atoms with E-state index < -0.39 is 20.1 Å². The van der Waals surface area contributed by atoms with E-state index in [4.69, 9.17) is 25.0 Å². The molecule has 4 rings (SSSR count). The molecule has 1 aliphatic rings. The van der Waals surface area contributed by atoms with Gasteiger partial charge in [0.15, 0.2) is 19.8 Å². The fraction of sp³-hybridized carbons (Fsp3) is 0.556. The van der Waals surface area contributed by atoms with E-state index in [0.29, 0.717) is 53.8 Å². The van der Waals surface area contributed by atoms with E-state index in [1.54, 1.807) is 16.6 Å². The summed E-state index contributed by atoms with van der Waals surface area (Å²) in [5, 5.41) is 4.87. The molecule has 0 amide bonds. The summed E-state index contributed by atoms with van der Waals surface area (Å²) >= 11 is 0. The molecular formula is C27H38F3N5O2Si. The van der Waals surface area contributed by atoms with E-state index in [0.717, 1.165) is 6.07 Å². The molecular weight excluding hydrogens is 511 g/mol. The van der Waals surface area contributed by atoms with Gasteiger partial charge in [-0.25, -0.2) is 9.50 Å². The van der Waals surface area contributed by atoms with Crippen LogP contribution in [-0.4, -0.2) is 48.7 Å². The second-order valence-corrected chi connectivity index (χ2v) is 16.4. The smallest absolute Gasteiger partial charge is 0.411 e. The molecule has 0 spiro atoms. The molecule has 0 saturated carbocycles. The molecule has 0 bridgehead atoms. The van der Waals surface area contributed by atoms with Gasteiger partial charge in [0.1, 0.15) is 0 Å². The van der Waals surface area contributed by atoms with Crippen molar-refractivity contribution in [2.75, 3.05) is 30.3 Å². The topological polar surface area (TPSA) is 77.9 Å². The molecule has 1 unspecified atom stereocenters. The van der Waals surface area contributed by atoms with Gasteiger partial charge in [-0.2, -0.15) is 13.2 Å². The van der Waals surface area contributed by atoms with Crippen LogP contribution in [0.1, 0.15) is 55.8 Å². The normalized spacial score (nSPS) is 17.4. The van der Waals surface area contributed by atoms with Gasteiger partial charge in [-0.05, 0) is 49.2 Å². The molecule has 1 saturated heterocycles. The van der Waals surface area contributed by atoms with Crippen molar-refractivity contribution < 1.29 is 22.3 Å². The Kier molecular flexibility index (Phi) is 7.59. The van der Waals surface area contributed by atoms with Crippen LogP contribution in [0.2, 0.25) is 18.1 Å². The summed E-state index contributed by atoms with van der Waals surface area (Å²) in [5.41, 5.74) is 8.83. The quantitative estimate of drug-likeness (QED) is 0.382. The highest BCUT2D eigenvalue weighted by Gasteiger charge is 2.38. The van der Waals surface area contributed by atoms with Crippen molar-refractivity contribution in [2.24, 2.45) is 0 Å². The highest BCUT2D eigenvalue weighted by molar-refractivity contribution is 6.74. The number of fused-ring (bicyclic) bond motifs is 1. The maximum Gasteiger partial charge on any atom is 0.416 e. The molecule has 208 valence electrons. The van der Waals surface area contributed by atoms with Crippen LogP contribution in [0.5, 0.6) is 0 Å². The monoisotopic (exact) mass is 549 g/mol. The standard InChI is InChI=1S/C27H38F3N5O2Si/c1-17-15-34(11-12-36-17)24-14-21(31)25-32-22(16-37-38(6,7)26(3,4)5)23(35(25)33-24)13-19-9-8-10-20(18(19)2)27(28,29)30/h8-10,14,17H,11-13,15-16,31H2,1-7H3. The Hall–Kier alpha value is -2.63. The number of benzene rings is 1. The number of hydrogen-bond acceptors (Lipinski definition) is 6. The third kappa shape index (κ3) is 5.69. The van der Waals surface area contributed by atoms with Crippen LogP contribution in [0.25, 0.3) is 5.65 Å². The minimum absolute atomic E-state index is 0.0125. The largest absolute Gasteiger partial charge is 0.416 e. The number of ether oxygens (including phenoxy) is 1. The van der Waals surface area contributed by atoms with Gasteiger partial charge < -0.3 is 19.8 Å². The Bertz CT molecular complexity index is 1320. The van der Waals surface area contributed by atoms with Crippen LogP contribution >= 0.6 is 0 Å². The molecule has 1 fully saturated rings. The average molecular weight is 550 g/mol. The van der Waals surface area contributed by atoms with Crippen molar-refractivity contribution in [3.05, 3.63) is 52.3 Å². The van der Waals surface area contributed by atoms with Gasteiger partial charge in [-0.15, -0.1) is 5.10 Å². The predicted octanol–water partition coefficient (Wildman–Crippen LogP) is 5.98. The Balaban J connectivity index is 1.82. The summed E-state index contributed by atoms with van der Waals surface area (Å²) < 4.78 is 54.9. The molecule has 0 radical (unpaired) electrons. The van der Waals surface area contributed by atoms with Crippen molar-refractivity contribution in [1.29, 1.82) is 0 Å². The molecule has 2 aromatic heterocycles.